The van der Waals surface area contributed by atoms with Crippen LogP contribution in [-0.2, 0) is 22.4 Å². The summed E-state index contributed by atoms with van der Waals surface area (Å²) in [7, 11) is 0. The number of hydrogen-bond acceptors (Lipinski definition) is 6. The molecule has 0 aromatic heterocycles. The first-order valence-electron chi connectivity index (χ1n) is 9.50. The summed E-state index contributed by atoms with van der Waals surface area (Å²) in [5.74, 6) is -0.886. The van der Waals surface area contributed by atoms with E-state index in [1.807, 2.05) is 6.07 Å². The number of carboxylic acid groups (broad SMARTS) is 1. The largest absolute Gasteiger partial charge is 0.507 e. The number of carboxylic acids is 1. The number of aromatic hydroxyl groups is 1. The van der Waals surface area contributed by atoms with E-state index >= 15 is 0 Å². The van der Waals surface area contributed by atoms with E-state index in [0.717, 1.165) is 62.5 Å². The van der Waals surface area contributed by atoms with Crippen molar-refractivity contribution >= 4 is 23.9 Å². The Labute approximate surface area is 168 Å². The van der Waals surface area contributed by atoms with Gasteiger partial charge in [0.15, 0.2) is 0 Å². The second kappa shape index (κ2) is 8.77. The van der Waals surface area contributed by atoms with Crippen LogP contribution in [0, 0.1) is 0 Å². The molecule has 4 rings (SSSR count). The molecule has 2 aliphatic rings. The van der Waals surface area contributed by atoms with Gasteiger partial charge in [0.1, 0.15) is 11.5 Å². The van der Waals surface area contributed by atoms with Gasteiger partial charge in [-0.05, 0) is 49.4 Å². The number of carbonyl (C=O) groups is 3. The zero-order chi connectivity index (χ0) is 21.0. The smallest absolute Gasteiger partial charge is 0.300 e. The quantitative estimate of drug-likeness (QED) is 0.604. The monoisotopic (exact) mass is 397 g/mol. The second-order valence-corrected chi connectivity index (χ2v) is 7.01. The van der Waals surface area contributed by atoms with E-state index in [4.69, 9.17) is 14.6 Å². The fraction of sp³-hybridized carbons (Fsp3) is 0.318. The molecule has 0 aliphatic carbocycles. The summed E-state index contributed by atoms with van der Waals surface area (Å²) in [4.78, 5) is 35.1. The van der Waals surface area contributed by atoms with Gasteiger partial charge in [-0.2, -0.15) is 0 Å². The van der Waals surface area contributed by atoms with Crippen LogP contribution in [0.1, 0.15) is 46.8 Å². The van der Waals surface area contributed by atoms with Crippen LogP contribution in [0.4, 0.5) is 5.69 Å². The SMILES string of the molecule is CC(=O)O.O=COc1ccccc1C(=O)c1cc2c3c(c1O)CCCN3CCC2. The maximum absolute atomic E-state index is 13.0. The third kappa shape index (κ3) is 4.23. The van der Waals surface area contributed by atoms with Crippen molar-refractivity contribution in [2.24, 2.45) is 0 Å². The van der Waals surface area contributed by atoms with Crippen LogP contribution >= 0.6 is 0 Å². The molecule has 7 heteroatoms. The number of carbonyl (C=O) groups excluding carboxylic acids is 2. The van der Waals surface area contributed by atoms with Crippen molar-refractivity contribution in [3.8, 4) is 11.5 Å². The number of nitrogens with zero attached hydrogens (tertiary/aromatic N) is 1. The highest BCUT2D eigenvalue weighted by Crippen LogP contribution is 2.42. The van der Waals surface area contributed by atoms with E-state index in [1.54, 1.807) is 24.3 Å². The van der Waals surface area contributed by atoms with Crippen LogP contribution in [-0.4, -0.2) is 41.5 Å². The van der Waals surface area contributed by atoms with Gasteiger partial charge in [0.05, 0.1) is 11.1 Å². The maximum Gasteiger partial charge on any atom is 0.300 e. The molecule has 2 aromatic carbocycles. The van der Waals surface area contributed by atoms with Crippen LogP contribution in [0.15, 0.2) is 30.3 Å². The Kier molecular flexibility index (Phi) is 6.16. The first-order chi connectivity index (χ1) is 13.9. The summed E-state index contributed by atoms with van der Waals surface area (Å²) < 4.78 is 4.93. The van der Waals surface area contributed by atoms with Crippen LogP contribution in [0.2, 0.25) is 0 Å². The first-order valence-corrected chi connectivity index (χ1v) is 9.50. The second-order valence-electron chi connectivity index (χ2n) is 7.01. The molecule has 2 N–H and O–H groups in total. The van der Waals surface area contributed by atoms with Gasteiger partial charge in [0.2, 0.25) is 5.78 Å². The number of ketones is 1. The topological polar surface area (TPSA) is 104 Å². The molecule has 7 nitrogen and oxygen atoms in total. The predicted octanol–water partition coefficient (Wildman–Crippen LogP) is 2.95. The number of phenols is 1. The van der Waals surface area contributed by atoms with Gasteiger partial charge >= 0.3 is 0 Å². The highest BCUT2D eigenvalue weighted by atomic mass is 16.5. The Morgan fingerprint density at radius 1 is 1.10 bits per heavy atom. The highest BCUT2D eigenvalue weighted by Gasteiger charge is 2.30. The molecular weight excluding hydrogens is 374 g/mol. The number of phenolic OH excluding ortho intramolecular Hbond substituents is 1. The van der Waals surface area contributed by atoms with Gasteiger partial charge in [0.25, 0.3) is 12.4 Å². The number of para-hydroxylation sites is 1. The first kappa shape index (κ1) is 20.4. The zero-order valence-corrected chi connectivity index (χ0v) is 16.2. The van der Waals surface area contributed by atoms with Gasteiger partial charge in [0, 0.05) is 31.3 Å². The molecule has 0 spiro atoms. The number of hydrogen-bond donors (Lipinski definition) is 2. The lowest BCUT2D eigenvalue weighted by molar-refractivity contribution is -0.134. The van der Waals surface area contributed by atoms with E-state index in [1.165, 1.54) is 0 Å². The summed E-state index contributed by atoms with van der Waals surface area (Å²) in [5.41, 5.74) is 3.68. The summed E-state index contributed by atoms with van der Waals surface area (Å²) in [6.45, 7) is 3.39. The van der Waals surface area contributed by atoms with Gasteiger partial charge < -0.3 is 19.8 Å². The predicted molar refractivity (Wildman–Crippen MR) is 107 cm³/mol. The number of benzene rings is 2. The Bertz CT molecular complexity index is 947. The van der Waals surface area contributed by atoms with Crippen molar-refractivity contribution in [2.45, 2.75) is 32.6 Å². The highest BCUT2D eigenvalue weighted by molar-refractivity contribution is 6.13. The van der Waals surface area contributed by atoms with Crippen molar-refractivity contribution in [3.05, 3.63) is 52.6 Å². The van der Waals surface area contributed by atoms with E-state index in [0.29, 0.717) is 12.0 Å². The molecule has 0 bridgehead atoms. The van der Waals surface area contributed by atoms with Gasteiger partial charge in [-0.25, -0.2) is 0 Å². The molecule has 2 aromatic rings. The molecule has 29 heavy (non-hydrogen) atoms. The van der Waals surface area contributed by atoms with Crippen molar-refractivity contribution in [3.63, 3.8) is 0 Å². The number of anilines is 1. The summed E-state index contributed by atoms with van der Waals surface area (Å²) >= 11 is 0. The molecular formula is C22H23NO6. The van der Waals surface area contributed by atoms with E-state index < -0.39 is 5.97 Å². The Morgan fingerprint density at radius 2 is 1.76 bits per heavy atom. The van der Waals surface area contributed by atoms with Crippen LogP contribution in [0.25, 0.3) is 0 Å². The molecule has 2 aliphatic heterocycles. The minimum atomic E-state index is -0.833. The number of aliphatic carboxylic acids is 1. The lowest BCUT2D eigenvalue weighted by Crippen LogP contribution is -2.34. The number of aryl methyl sites for hydroxylation is 1. The van der Waals surface area contributed by atoms with E-state index in [-0.39, 0.29) is 22.8 Å². The van der Waals surface area contributed by atoms with Crippen LogP contribution in [0.5, 0.6) is 11.5 Å². The molecule has 152 valence electrons. The van der Waals surface area contributed by atoms with Gasteiger partial charge in [-0.1, -0.05) is 12.1 Å². The fourth-order valence-corrected chi connectivity index (χ4v) is 3.97. The van der Waals surface area contributed by atoms with Crippen LogP contribution < -0.4 is 9.64 Å². The van der Waals surface area contributed by atoms with Crippen molar-refractivity contribution in [2.75, 3.05) is 18.0 Å². The normalized spacial score (nSPS) is 14.2. The standard InChI is InChI=1S/C20H19NO4.C2H4O2/c22-12-25-17-8-2-1-6-14(17)19(23)16-11-13-5-3-9-21-10-4-7-15(18(13)21)20(16)24;1-2(3)4/h1-2,6,8,11-12,24H,3-5,7,9-10H2;1H3,(H,3,4). The zero-order valence-electron chi connectivity index (χ0n) is 16.2. The molecule has 0 fully saturated rings. The third-order valence-corrected chi connectivity index (χ3v) is 5.05. The Balaban J connectivity index is 0.000000552. The average molecular weight is 397 g/mol. The minimum absolute atomic E-state index is 0.0660. The third-order valence-electron chi connectivity index (χ3n) is 5.05. The molecule has 0 atom stereocenters. The Morgan fingerprint density at radius 3 is 2.45 bits per heavy atom. The Hall–Kier alpha value is -3.35. The summed E-state index contributed by atoms with van der Waals surface area (Å²) in [5, 5.41) is 18.2. The maximum atomic E-state index is 13.0. The molecule has 0 amide bonds. The number of rotatable bonds is 4. The summed E-state index contributed by atoms with van der Waals surface area (Å²) in [6, 6.07) is 8.41. The lowest BCUT2D eigenvalue weighted by atomic mass is 9.87. The minimum Gasteiger partial charge on any atom is -0.507 e. The van der Waals surface area contributed by atoms with Crippen molar-refractivity contribution in [1.82, 2.24) is 0 Å². The van der Waals surface area contributed by atoms with Gasteiger partial charge in [-0.15, -0.1) is 0 Å². The van der Waals surface area contributed by atoms with Crippen LogP contribution in [0.3, 0.4) is 0 Å². The molecule has 0 unspecified atom stereocenters. The summed E-state index contributed by atoms with van der Waals surface area (Å²) in [6.07, 6.45) is 3.71. The van der Waals surface area contributed by atoms with Crippen molar-refractivity contribution in [1.29, 1.82) is 0 Å². The van der Waals surface area contributed by atoms with E-state index in [9.17, 15) is 14.7 Å². The average Bonchev–Trinajstić information content (AvgIpc) is 2.70. The number of ether oxygens (including phenoxy) is 1. The lowest BCUT2D eigenvalue weighted by Gasteiger charge is -2.37. The van der Waals surface area contributed by atoms with E-state index in [2.05, 4.69) is 4.90 Å². The molecule has 0 radical (unpaired) electrons. The fourth-order valence-electron chi connectivity index (χ4n) is 3.97. The molecule has 0 saturated heterocycles. The van der Waals surface area contributed by atoms with Crippen molar-refractivity contribution < 1.29 is 29.3 Å². The molecule has 0 saturated carbocycles. The molecule has 2 heterocycles. The van der Waals surface area contributed by atoms with Gasteiger partial charge in [-0.3, -0.25) is 14.4 Å².